The summed E-state index contributed by atoms with van der Waals surface area (Å²) in [6.07, 6.45) is 0.382. The van der Waals surface area contributed by atoms with E-state index in [0.29, 0.717) is 6.10 Å². The lowest BCUT2D eigenvalue weighted by atomic mass is 10.2. The Morgan fingerprint density at radius 1 is 1.23 bits per heavy atom. The summed E-state index contributed by atoms with van der Waals surface area (Å²) in [6, 6.07) is 8.18. The fourth-order valence-corrected chi connectivity index (χ4v) is 1.15. The van der Waals surface area contributed by atoms with Crippen LogP contribution in [0.1, 0.15) is 5.56 Å². The first kappa shape index (κ1) is 10.4. The van der Waals surface area contributed by atoms with Crippen molar-refractivity contribution in [3.05, 3.63) is 29.8 Å². The minimum atomic E-state index is 0. The minimum absolute atomic E-state index is 0. The van der Waals surface area contributed by atoms with Gasteiger partial charge >= 0.3 is 0 Å². The van der Waals surface area contributed by atoms with Gasteiger partial charge in [-0.05, 0) is 19.1 Å². The summed E-state index contributed by atoms with van der Waals surface area (Å²) in [5.41, 5.74) is 1.27. The Labute approximate surface area is 84.7 Å². The van der Waals surface area contributed by atoms with Crippen LogP contribution in [0.3, 0.4) is 0 Å². The summed E-state index contributed by atoms with van der Waals surface area (Å²) in [7, 11) is 0. The van der Waals surface area contributed by atoms with Gasteiger partial charge in [0, 0.05) is 13.1 Å². The molecule has 0 aromatic heterocycles. The Kier molecular flexibility index (Phi) is 3.58. The van der Waals surface area contributed by atoms with E-state index in [9.17, 15) is 0 Å². The molecule has 1 fully saturated rings. The molecule has 1 aliphatic heterocycles. The molecule has 72 valence electrons. The van der Waals surface area contributed by atoms with E-state index in [1.54, 1.807) is 0 Å². The Morgan fingerprint density at radius 3 is 2.31 bits per heavy atom. The normalized spacial score (nSPS) is 15.8. The van der Waals surface area contributed by atoms with E-state index < -0.39 is 0 Å². The molecule has 0 spiro atoms. The van der Waals surface area contributed by atoms with Gasteiger partial charge in [0.15, 0.2) is 0 Å². The van der Waals surface area contributed by atoms with Crippen LogP contribution < -0.4 is 10.1 Å². The summed E-state index contributed by atoms with van der Waals surface area (Å²) in [4.78, 5) is 0. The Bertz CT molecular complexity index is 256. The molecule has 0 bridgehead atoms. The molecule has 0 atom stereocenters. The van der Waals surface area contributed by atoms with E-state index in [2.05, 4.69) is 24.4 Å². The predicted molar refractivity (Wildman–Crippen MR) is 55.7 cm³/mol. The van der Waals surface area contributed by atoms with Crippen LogP contribution in [0.25, 0.3) is 0 Å². The number of nitrogens with one attached hydrogen (secondary N) is 1. The second-order valence-corrected chi connectivity index (χ2v) is 3.21. The van der Waals surface area contributed by atoms with Crippen LogP contribution in [0.5, 0.6) is 5.75 Å². The molecule has 13 heavy (non-hydrogen) atoms. The van der Waals surface area contributed by atoms with Gasteiger partial charge < -0.3 is 10.1 Å². The Hall–Kier alpha value is -0.730. The molecule has 2 nitrogen and oxygen atoms in total. The van der Waals surface area contributed by atoms with Crippen molar-refractivity contribution in [2.45, 2.75) is 13.0 Å². The van der Waals surface area contributed by atoms with E-state index in [1.807, 2.05) is 12.1 Å². The zero-order valence-corrected chi connectivity index (χ0v) is 8.43. The van der Waals surface area contributed by atoms with Gasteiger partial charge in [0.05, 0.1) is 0 Å². The quantitative estimate of drug-likeness (QED) is 0.784. The molecule has 2 rings (SSSR count). The number of benzene rings is 1. The number of halogens is 1. The van der Waals surface area contributed by atoms with Crippen LogP contribution in [-0.4, -0.2) is 19.2 Å². The average Bonchev–Trinajstić information content (AvgIpc) is 2.00. The fraction of sp³-hybridized carbons (Fsp3) is 0.400. The number of hydrogen-bond acceptors (Lipinski definition) is 2. The van der Waals surface area contributed by atoms with Crippen molar-refractivity contribution >= 4 is 12.4 Å². The van der Waals surface area contributed by atoms with Gasteiger partial charge in [-0.1, -0.05) is 17.7 Å². The van der Waals surface area contributed by atoms with E-state index in [-0.39, 0.29) is 12.4 Å². The highest BCUT2D eigenvalue weighted by Crippen LogP contribution is 2.14. The van der Waals surface area contributed by atoms with Gasteiger partial charge in [-0.15, -0.1) is 12.4 Å². The Balaban J connectivity index is 0.000000845. The van der Waals surface area contributed by atoms with Crippen molar-refractivity contribution in [3.63, 3.8) is 0 Å². The molecule has 3 heteroatoms. The van der Waals surface area contributed by atoms with Crippen LogP contribution in [0.4, 0.5) is 0 Å². The highest BCUT2D eigenvalue weighted by Gasteiger charge is 2.17. The first-order valence-corrected chi connectivity index (χ1v) is 4.28. The number of rotatable bonds is 2. The second-order valence-electron chi connectivity index (χ2n) is 3.21. The molecule has 0 aliphatic carbocycles. The Morgan fingerprint density at radius 2 is 1.85 bits per heavy atom. The molecule has 1 N–H and O–H groups in total. The van der Waals surface area contributed by atoms with E-state index in [1.165, 1.54) is 5.56 Å². The third-order valence-corrected chi connectivity index (χ3v) is 2.07. The summed E-state index contributed by atoms with van der Waals surface area (Å²) in [5.74, 6) is 0.979. The van der Waals surface area contributed by atoms with Crippen molar-refractivity contribution in [1.82, 2.24) is 5.32 Å². The van der Waals surface area contributed by atoms with E-state index in [4.69, 9.17) is 4.74 Å². The molecule has 1 aliphatic rings. The smallest absolute Gasteiger partial charge is 0.123 e. The van der Waals surface area contributed by atoms with Crippen LogP contribution in [-0.2, 0) is 0 Å². The van der Waals surface area contributed by atoms with Crippen LogP contribution in [0, 0.1) is 6.92 Å². The molecule has 0 radical (unpaired) electrons. The SMILES string of the molecule is Cc1ccc(OC2CNC2)cc1.Cl. The number of ether oxygens (including phenoxy) is 1. The van der Waals surface area contributed by atoms with Crippen molar-refractivity contribution in [1.29, 1.82) is 0 Å². The molecule has 0 unspecified atom stereocenters. The monoisotopic (exact) mass is 199 g/mol. The van der Waals surface area contributed by atoms with Gasteiger partial charge in [-0.25, -0.2) is 0 Å². The maximum absolute atomic E-state index is 5.64. The molecule has 1 saturated heterocycles. The highest BCUT2D eigenvalue weighted by molar-refractivity contribution is 5.85. The fourth-order valence-electron chi connectivity index (χ4n) is 1.15. The molecule has 0 saturated carbocycles. The van der Waals surface area contributed by atoms with Gasteiger partial charge in [-0.3, -0.25) is 0 Å². The summed E-state index contributed by atoms with van der Waals surface area (Å²) >= 11 is 0. The number of hydrogen-bond donors (Lipinski definition) is 1. The van der Waals surface area contributed by atoms with Gasteiger partial charge in [0.2, 0.25) is 0 Å². The van der Waals surface area contributed by atoms with Crippen molar-refractivity contribution < 1.29 is 4.74 Å². The third-order valence-electron chi connectivity index (χ3n) is 2.07. The number of aryl methyl sites for hydroxylation is 1. The lowest BCUT2D eigenvalue weighted by Crippen LogP contribution is -2.50. The third kappa shape index (κ3) is 2.61. The summed E-state index contributed by atoms with van der Waals surface area (Å²) in [6.45, 7) is 4.04. The van der Waals surface area contributed by atoms with Gasteiger partial charge in [-0.2, -0.15) is 0 Å². The van der Waals surface area contributed by atoms with Crippen molar-refractivity contribution in [3.8, 4) is 5.75 Å². The van der Waals surface area contributed by atoms with E-state index >= 15 is 0 Å². The first-order chi connectivity index (χ1) is 5.84. The molecular weight excluding hydrogens is 186 g/mol. The van der Waals surface area contributed by atoms with Crippen molar-refractivity contribution in [2.24, 2.45) is 0 Å². The molecule has 1 aromatic rings. The predicted octanol–water partition coefficient (Wildman–Crippen LogP) is 1.77. The zero-order chi connectivity index (χ0) is 8.39. The average molecular weight is 200 g/mol. The van der Waals surface area contributed by atoms with Crippen LogP contribution >= 0.6 is 12.4 Å². The molecule has 1 aromatic carbocycles. The maximum Gasteiger partial charge on any atom is 0.123 e. The second kappa shape index (κ2) is 4.49. The lowest BCUT2D eigenvalue weighted by molar-refractivity contribution is 0.142. The maximum atomic E-state index is 5.64. The molecule has 0 amide bonds. The summed E-state index contributed by atoms with van der Waals surface area (Å²) < 4.78 is 5.64. The summed E-state index contributed by atoms with van der Waals surface area (Å²) in [5, 5.41) is 3.17. The first-order valence-electron chi connectivity index (χ1n) is 4.28. The van der Waals surface area contributed by atoms with Gasteiger partial charge in [0.25, 0.3) is 0 Å². The van der Waals surface area contributed by atoms with Crippen molar-refractivity contribution in [2.75, 3.05) is 13.1 Å². The molecular formula is C10H14ClNO. The van der Waals surface area contributed by atoms with E-state index in [0.717, 1.165) is 18.8 Å². The standard InChI is InChI=1S/C10H13NO.ClH/c1-8-2-4-9(5-3-8)12-10-6-11-7-10;/h2-5,10-11H,6-7H2,1H3;1H. The largest absolute Gasteiger partial charge is 0.488 e. The van der Waals surface area contributed by atoms with Gasteiger partial charge in [0.1, 0.15) is 11.9 Å². The minimum Gasteiger partial charge on any atom is -0.488 e. The topological polar surface area (TPSA) is 21.3 Å². The van der Waals surface area contributed by atoms with Crippen LogP contribution in [0.15, 0.2) is 24.3 Å². The lowest BCUT2D eigenvalue weighted by Gasteiger charge is -2.27. The highest BCUT2D eigenvalue weighted by atomic mass is 35.5. The van der Waals surface area contributed by atoms with Crippen LogP contribution in [0.2, 0.25) is 0 Å². The molecule has 1 heterocycles. The zero-order valence-electron chi connectivity index (χ0n) is 7.62.